The lowest BCUT2D eigenvalue weighted by molar-refractivity contribution is 0.198. The molecule has 0 radical (unpaired) electrons. The van der Waals surface area contributed by atoms with Crippen LogP contribution in [-0.4, -0.2) is 19.9 Å². The molecule has 12 heavy (non-hydrogen) atoms. The number of rotatable bonds is 2. The molecule has 4 nitrogen and oxygen atoms in total. The van der Waals surface area contributed by atoms with Crippen LogP contribution in [0.25, 0.3) is 0 Å². The van der Waals surface area contributed by atoms with E-state index in [1.165, 1.54) is 18.4 Å². The zero-order valence-corrected chi connectivity index (χ0v) is 7.37. The largest absolute Gasteiger partial charge is 0.388 e. The third kappa shape index (κ3) is 1.45. The topological polar surface area (TPSA) is 50.9 Å². The van der Waals surface area contributed by atoms with Crippen molar-refractivity contribution in [3.05, 3.63) is 11.6 Å². The molecule has 0 atom stereocenters. The van der Waals surface area contributed by atoms with Crippen molar-refractivity contribution in [3.8, 4) is 0 Å². The van der Waals surface area contributed by atoms with Crippen LogP contribution in [0.3, 0.4) is 0 Å². The summed E-state index contributed by atoms with van der Waals surface area (Å²) < 4.78 is 14.8. The highest BCUT2D eigenvalue weighted by Crippen LogP contribution is 2.22. The third-order valence-corrected chi connectivity index (χ3v) is 1.64. The van der Waals surface area contributed by atoms with Gasteiger partial charge >= 0.3 is 0 Å². The van der Waals surface area contributed by atoms with Crippen molar-refractivity contribution in [2.75, 3.05) is 0 Å². The molecule has 0 aromatic carbocycles. The van der Waals surface area contributed by atoms with Gasteiger partial charge < -0.3 is 9.67 Å². The fourth-order valence-electron chi connectivity index (χ4n) is 1.02. The minimum atomic E-state index is -1.52. The minimum absolute atomic E-state index is 0.223. The van der Waals surface area contributed by atoms with Crippen molar-refractivity contribution in [3.63, 3.8) is 0 Å². The maximum absolute atomic E-state index is 13.3. The minimum Gasteiger partial charge on any atom is -0.388 e. The molecule has 1 N–H and O–H groups in total. The van der Waals surface area contributed by atoms with E-state index in [9.17, 15) is 4.39 Å². The first kappa shape index (κ1) is 9.12. The zero-order valence-electron chi connectivity index (χ0n) is 7.37. The number of alkyl halides is 1. The number of hydrogen-bond donors (Lipinski definition) is 1. The summed E-state index contributed by atoms with van der Waals surface area (Å²) in [6.07, 6.45) is 0. The summed E-state index contributed by atoms with van der Waals surface area (Å²) in [5.41, 5.74) is -1.52. The van der Waals surface area contributed by atoms with E-state index in [4.69, 9.17) is 5.11 Å². The number of nitrogens with zero attached hydrogens (tertiary/aromatic N) is 3. The molecule has 1 rings (SSSR count). The Balaban J connectivity index is 3.11. The van der Waals surface area contributed by atoms with Gasteiger partial charge in [-0.05, 0) is 13.8 Å². The van der Waals surface area contributed by atoms with Crippen LogP contribution >= 0.6 is 0 Å². The Labute approximate surface area is 70.0 Å². The van der Waals surface area contributed by atoms with Crippen LogP contribution in [0.2, 0.25) is 0 Å². The van der Waals surface area contributed by atoms with Gasteiger partial charge in [0.2, 0.25) is 0 Å². The summed E-state index contributed by atoms with van der Waals surface area (Å²) in [7, 11) is 1.63. The Morgan fingerprint density at radius 1 is 1.50 bits per heavy atom. The van der Waals surface area contributed by atoms with Crippen LogP contribution in [0.5, 0.6) is 0 Å². The van der Waals surface area contributed by atoms with E-state index in [1.807, 2.05) is 0 Å². The van der Waals surface area contributed by atoms with Gasteiger partial charge in [-0.25, -0.2) is 4.39 Å². The second-order valence-electron chi connectivity index (χ2n) is 3.13. The molecule has 0 unspecified atom stereocenters. The van der Waals surface area contributed by atoms with E-state index in [0.29, 0.717) is 5.82 Å². The Morgan fingerprint density at radius 2 is 2.08 bits per heavy atom. The average Bonchev–Trinajstić information content (AvgIpc) is 2.29. The number of hydrogen-bond acceptors (Lipinski definition) is 3. The summed E-state index contributed by atoms with van der Waals surface area (Å²) in [6, 6.07) is 0. The summed E-state index contributed by atoms with van der Waals surface area (Å²) in [6.45, 7) is 2.58. The lowest BCUT2D eigenvalue weighted by Crippen LogP contribution is -2.16. The fourth-order valence-corrected chi connectivity index (χ4v) is 1.02. The Kier molecular flexibility index (Phi) is 2.14. The van der Waals surface area contributed by atoms with Crippen molar-refractivity contribution in [1.29, 1.82) is 0 Å². The molecule has 0 saturated heterocycles. The van der Waals surface area contributed by atoms with Crippen molar-refractivity contribution in [2.45, 2.75) is 26.1 Å². The summed E-state index contributed by atoms with van der Waals surface area (Å²) in [4.78, 5) is 0. The van der Waals surface area contributed by atoms with Gasteiger partial charge in [0.25, 0.3) is 0 Å². The fraction of sp³-hybridized carbons (Fsp3) is 0.714. The molecule has 0 fully saturated rings. The molecular formula is C7H12FN3O. The van der Waals surface area contributed by atoms with E-state index in [0.717, 1.165) is 0 Å². The molecular weight excluding hydrogens is 161 g/mol. The maximum Gasteiger partial charge on any atom is 0.170 e. The quantitative estimate of drug-likeness (QED) is 0.709. The Hall–Kier alpha value is -0.970. The summed E-state index contributed by atoms with van der Waals surface area (Å²) in [5.74, 6) is 0.599. The van der Waals surface area contributed by atoms with Crippen LogP contribution in [0, 0.1) is 0 Å². The molecule has 0 spiro atoms. The van der Waals surface area contributed by atoms with Crippen LogP contribution in [0.15, 0.2) is 0 Å². The van der Waals surface area contributed by atoms with E-state index in [1.54, 1.807) is 7.05 Å². The standard InChI is InChI=1S/C7H12FN3O/c1-7(2,8)6-10-9-5(4-12)11(6)3/h12H,4H2,1-3H3. The SMILES string of the molecule is Cn1c(CO)nnc1C(C)(C)F. The van der Waals surface area contributed by atoms with Crippen LogP contribution < -0.4 is 0 Å². The van der Waals surface area contributed by atoms with E-state index in [-0.39, 0.29) is 12.4 Å². The third-order valence-electron chi connectivity index (χ3n) is 1.64. The zero-order chi connectivity index (χ0) is 9.35. The molecule has 0 aliphatic carbocycles. The van der Waals surface area contributed by atoms with Crippen molar-refractivity contribution in [2.24, 2.45) is 7.05 Å². The first-order valence-electron chi connectivity index (χ1n) is 3.65. The number of aliphatic hydroxyl groups excluding tert-OH is 1. The molecule has 1 heterocycles. The highest BCUT2D eigenvalue weighted by Gasteiger charge is 2.25. The van der Waals surface area contributed by atoms with Gasteiger partial charge in [0.1, 0.15) is 6.61 Å². The van der Waals surface area contributed by atoms with E-state index in [2.05, 4.69) is 10.2 Å². The molecule has 0 amide bonds. The van der Waals surface area contributed by atoms with Gasteiger partial charge in [-0.15, -0.1) is 10.2 Å². The van der Waals surface area contributed by atoms with Crippen LogP contribution in [0.1, 0.15) is 25.5 Å². The molecule has 0 bridgehead atoms. The lowest BCUT2D eigenvalue weighted by Gasteiger charge is -2.12. The Bertz CT molecular complexity index is 277. The first-order valence-corrected chi connectivity index (χ1v) is 3.65. The Morgan fingerprint density at radius 3 is 2.33 bits per heavy atom. The van der Waals surface area contributed by atoms with E-state index < -0.39 is 5.67 Å². The highest BCUT2D eigenvalue weighted by molar-refractivity contribution is 5.01. The molecule has 1 aromatic heterocycles. The summed E-state index contributed by atoms with van der Waals surface area (Å²) >= 11 is 0. The van der Waals surface area contributed by atoms with E-state index >= 15 is 0 Å². The van der Waals surface area contributed by atoms with Gasteiger partial charge in [0, 0.05) is 7.05 Å². The van der Waals surface area contributed by atoms with Crippen LogP contribution in [0.4, 0.5) is 4.39 Å². The smallest absolute Gasteiger partial charge is 0.170 e. The van der Waals surface area contributed by atoms with Crippen molar-refractivity contribution in [1.82, 2.24) is 14.8 Å². The summed E-state index contributed by atoms with van der Waals surface area (Å²) in [5, 5.41) is 16.0. The van der Waals surface area contributed by atoms with Crippen LogP contribution in [-0.2, 0) is 19.3 Å². The predicted molar refractivity (Wildman–Crippen MR) is 41.1 cm³/mol. The van der Waals surface area contributed by atoms with Gasteiger partial charge in [-0.3, -0.25) is 0 Å². The van der Waals surface area contributed by atoms with Gasteiger partial charge in [0.05, 0.1) is 0 Å². The molecule has 68 valence electrons. The van der Waals surface area contributed by atoms with Gasteiger partial charge in [0.15, 0.2) is 17.3 Å². The molecule has 0 aliphatic rings. The second kappa shape index (κ2) is 2.82. The number of aliphatic hydroxyl groups is 1. The lowest BCUT2D eigenvalue weighted by atomic mass is 10.1. The van der Waals surface area contributed by atoms with Crippen molar-refractivity contribution >= 4 is 0 Å². The second-order valence-corrected chi connectivity index (χ2v) is 3.13. The average molecular weight is 173 g/mol. The predicted octanol–water partition coefficient (Wildman–Crippen LogP) is 0.512. The first-order chi connectivity index (χ1) is 5.46. The normalized spacial score (nSPS) is 12.1. The molecule has 0 saturated carbocycles. The van der Waals surface area contributed by atoms with Gasteiger partial charge in [-0.2, -0.15) is 0 Å². The van der Waals surface area contributed by atoms with Gasteiger partial charge in [-0.1, -0.05) is 0 Å². The molecule has 5 heteroatoms. The highest BCUT2D eigenvalue weighted by atomic mass is 19.1. The monoisotopic (exact) mass is 173 g/mol. The number of aromatic nitrogens is 3. The van der Waals surface area contributed by atoms with Crippen molar-refractivity contribution < 1.29 is 9.50 Å². The number of halogens is 1. The molecule has 0 aliphatic heterocycles. The maximum atomic E-state index is 13.3. The molecule has 1 aromatic rings.